The Hall–Kier alpha value is -9.90. The zero-order chi connectivity index (χ0) is 91.5. The minimum Gasteiger partial charge on any atom is -0.310 e. The highest BCUT2D eigenvalue weighted by Gasteiger charge is 2.47. The summed E-state index contributed by atoms with van der Waals surface area (Å²) in [5.74, 6) is 0. The number of anilines is 6. The number of benzene rings is 12. The van der Waals surface area contributed by atoms with Crippen LogP contribution in [0.15, 0.2) is 224 Å². The molecule has 15 rings (SSSR count). The monoisotopic (exact) mass is 1590 g/mol. The van der Waals surface area contributed by atoms with Gasteiger partial charge in [-0.25, -0.2) is 0 Å². The van der Waals surface area contributed by atoms with Gasteiger partial charge in [0, 0.05) is 61.5 Å². The van der Waals surface area contributed by atoms with Crippen LogP contribution in [-0.4, -0.2) is 11.3 Å². The van der Waals surface area contributed by atoms with Crippen LogP contribution in [-0.2, 0) is 59.6 Å². The molecule has 4 heteroatoms. The van der Waals surface area contributed by atoms with Gasteiger partial charge in [0.15, 0.2) is 0 Å². The smallest absolute Gasteiger partial charge is 0.252 e. The van der Waals surface area contributed by atoms with Crippen molar-refractivity contribution in [3.8, 4) is 61.3 Å². The molecule has 0 saturated heterocycles. The van der Waals surface area contributed by atoms with E-state index in [2.05, 4.69) is 431 Å². The Morgan fingerprint density at radius 3 is 0.992 bits per heavy atom. The van der Waals surface area contributed by atoms with Crippen LogP contribution in [0.3, 0.4) is 0 Å². The number of nitrogens with zero attached hydrogens (tertiary/aromatic N) is 3. The molecule has 2 aliphatic heterocycles. The van der Waals surface area contributed by atoms with E-state index in [0.29, 0.717) is 5.56 Å². The van der Waals surface area contributed by atoms with E-state index in [1.807, 2.05) is 6.07 Å². The maximum absolute atomic E-state index is 9.92. The predicted molar refractivity (Wildman–Crippen MR) is 528 cm³/mol. The zero-order valence-corrected chi connectivity index (χ0v) is 78.9. The van der Waals surface area contributed by atoms with E-state index in [0.717, 1.165) is 117 Å². The second-order valence-electron chi connectivity index (χ2n) is 46.7. The number of aromatic nitrogens is 1. The Labute approximate surface area is 730 Å². The molecule has 0 N–H and O–H groups in total. The molecule has 0 aliphatic carbocycles. The van der Waals surface area contributed by atoms with E-state index >= 15 is 0 Å². The third kappa shape index (κ3) is 15.7. The molecule has 0 atom stereocenters. The number of rotatable bonds is 8. The summed E-state index contributed by atoms with van der Waals surface area (Å²) in [6.45, 7) is 76.6. The van der Waals surface area contributed by atoms with Crippen LogP contribution in [0.5, 0.6) is 0 Å². The first-order valence-electron chi connectivity index (χ1n) is 46.7. The van der Waals surface area contributed by atoms with Crippen molar-refractivity contribution in [3.05, 3.63) is 286 Å². The first kappa shape index (κ1) is 78.6. The lowest BCUT2D eigenvalue weighted by atomic mass is 9.33. The van der Waals surface area contributed by atoms with Gasteiger partial charge in [0.2, 0.25) is 0 Å². The Morgan fingerprint density at radius 1 is 0.233 bits per heavy atom. The van der Waals surface area contributed by atoms with Gasteiger partial charge in [-0.1, -0.05) is 374 Å². The van der Waals surface area contributed by atoms with Crippen molar-refractivity contribution < 1.29 is 6.85 Å². The third-order valence-electron chi connectivity index (χ3n) is 25.9. The number of hydrogen-bond acceptors (Lipinski definition) is 2. The lowest BCUT2D eigenvalue weighted by molar-refractivity contribution is 0.568. The van der Waals surface area contributed by atoms with Crippen molar-refractivity contribution in [2.75, 3.05) is 9.80 Å². The summed E-state index contributed by atoms with van der Waals surface area (Å²) in [7, 11) is 0. The molecule has 0 bridgehead atoms. The minimum absolute atomic E-state index is 0.120. The Balaban J connectivity index is 1.22. The summed E-state index contributed by atoms with van der Waals surface area (Å²) in [5, 5.41) is 2.42. The van der Waals surface area contributed by atoms with Crippen LogP contribution in [0.2, 0.25) is 0 Å². The fourth-order valence-corrected chi connectivity index (χ4v) is 18.1. The fraction of sp³-hybridized carbons (Fsp3) is 0.379. The summed E-state index contributed by atoms with van der Waals surface area (Å²) in [6, 6.07) is 75.3. The molecule has 2 aliphatic rings. The largest absolute Gasteiger partial charge is 0.310 e. The lowest BCUT2D eigenvalue weighted by Crippen LogP contribution is -2.61. The summed E-state index contributed by atoms with van der Waals surface area (Å²) >= 11 is 0. The molecule has 0 fully saturated rings. The lowest BCUT2D eigenvalue weighted by Gasteiger charge is -2.47. The van der Waals surface area contributed by atoms with Crippen LogP contribution < -0.4 is 26.2 Å². The van der Waals surface area contributed by atoms with Crippen molar-refractivity contribution >= 4 is 79.0 Å². The van der Waals surface area contributed by atoms with Crippen molar-refractivity contribution in [2.24, 2.45) is 0 Å². The maximum atomic E-state index is 9.92. The first-order valence-corrected chi connectivity index (χ1v) is 44.2. The highest BCUT2D eigenvalue weighted by atomic mass is 15.2. The molecule has 0 saturated carbocycles. The predicted octanol–water partition coefficient (Wildman–Crippen LogP) is 31.5. The van der Waals surface area contributed by atoms with Gasteiger partial charge in [-0.3, -0.25) is 0 Å². The van der Waals surface area contributed by atoms with Crippen molar-refractivity contribution in [2.45, 2.75) is 288 Å². The molecule has 1 aromatic heterocycles. The van der Waals surface area contributed by atoms with E-state index in [1.165, 1.54) is 66.4 Å². The van der Waals surface area contributed by atoms with Gasteiger partial charge in [0.1, 0.15) is 0 Å². The van der Waals surface area contributed by atoms with Gasteiger partial charge < -0.3 is 14.4 Å². The Kier molecular flexibility index (Phi) is 18.9. The van der Waals surface area contributed by atoms with Gasteiger partial charge in [-0.15, -0.1) is 0 Å². The molecule has 12 aromatic carbocycles. The van der Waals surface area contributed by atoms with Gasteiger partial charge in [-0.05, 0) is 249 Å². The molecule has 3 heterocycles. The van der Waals surface area contributed by atoms with E-state index in [4.69, 9.17) is 1.37 Å². The summed E-state index contributed by atoms with van der Waals surface area (Å²) in [6.07, 6.45) is 0. The van der Waals surface area contributed by atoms with Crippen LogP contribution in [0.1, 0.15) is 297 Å². The van der Waals surface area contributed by atoms with Crippen LogP contribution >= 0.6 is 0 Å². The maximum Gasteiger partial charge on any atom is 0.252 e. The number of fused-ring (bicyclic) bond motifs is 7. The number of hydrogen-bond donors (Lipinski definition) is 0. The molecule has 13 aromatic rings. The molecule has 0 radical (unpaired) electrons. The highest BCUT2D eigenvalue weighted by Crippen LogP contribution is 2.58. The van der Waals surface area contributed by atoms with Crippen molar-refractivity contribution in [1.29, 1.82) is 0 Å². The first-order chi connectivity index (χ1) is 57.5. The van der Waals surface area contributed by atoms with Crippen LogP contribution in [0.25, 0.3) is 83.1 Å². The van der Waals surface area contributed by atoms with E-state index in [9.17, 15) is 5.48 Å². The van der Waals surface area contributed by atoms with Gasteiger partial charge in [-0.2, -0.15) is 0 Å². The SMILES string of the molecule is [2H]c1c([2H])c([2H])c(-c2ccc3c(c2)N(c2c(-c4ccc(C(C)(C)C)cc4)cc(C(C)(C)C)cc2-c2ccc(C(C)(C)C)cc2C(C)(C)C)c2cc(C(C)(C)C)cc4c2B3c2ccc(-n3c5ccc(C(C)(C)C)cc5c5cc(C(C)(C)C)ccc53)cc2N4c2c(-c3ccc(C(C)(C)C)cc3)cc(C(C)(C)C)cc2-c2cc(C(C)(C)C)cc(C(C)(C)C)c2)c([2H])c1[2H]. The van der Waals surface area contributed by atoms with Crippen LogP contribution in [0, 0.1) is 0 Å². The van der Waals surface area contributed by atoms with E-state index in [1.54, 1.807) is 0 Å². The van der Waals surface area contributed by atoms with Gasteiger partial charge >= 0.3 is 0 Å². The summed E-state index contributed by atoms with van der Waals surface area (Å²) < 4.78 is 50.2. The average molecular weight is 1590 g/mol. The molecule has 120 heavy (non-hydrogen) atoms. The average Bonchev–Trinajstić information content (AvgIpc) is 0.751. The normalized spacial score (nSPS) is 14.6. The second-order valence-corrected chi connectivity index (χ2v) is 46.7. The topological polar surface area (TPSA) is 11.4 Å². The quantitative estimate of drug-likeness (QED) is 0.141. The van der Waals surface area contributed by atoms with Crippen molar-refractivity contribution in [3.63, 3.8) is 0 Å². The molecular weight excluding hydrogens is 1450 g/mol. The Morgan fingerprint density at radius 2 is 0.575 bits per heavy atom. The molecule has 0 amide bonds. The molecule has 3 nitrogen and oxygen atoms in total. The standard InChI is InChI=1S/C116H136BN3/c1-106(2,3)76-44-39-72(40-45-76)88-63-83(113(22,23)24)65-90(75-57-81(111(16,17)18)60-82(58-75)112(19,20)21)104(88)120-100-70-86(118-97-55-49-78(108(7,8)9)61-91(97)92-62-79(109(10,11)12)50-56-98(92)118)51-54-96(100)117-95-53-43-74(71-37-35-34-36-38-71)59-99(95)119(101-68-85(115(28,29)30)69-102(120)103(101)117)105-89(73-41-46-77(47-42-73)107(4,5)6)64-84(114(25,26)27)66-93(105)87-52-48-80(110(13,14)15)67-94(87)116(31,32)33/h34-70H,1-33H3/i34D,35D,36D,37D,38D. The third-order valence-corrected chi connectivity index (χ3v) is 25.9. The fourth-order valence-electron chi connectivity index (χ4n) is 18.1. The summed E-state index contributed by atoms with van der Waals surface area (Å²) in [5.41, 5.74) is 32.9. The van der Waals surface area contributed by atoms with Gasteiger partial charge in [0.05, 0.1) is 29.3 Å². The van der Waals surface area contributed by atoms with Crippen molar-refractivity contribution in [1.82, 2.24) is 4.57 Å². The minimum atomic E-state index is -0.489. The molecule has 0 spiro atoms. The Bertz CT molecular complexity index is 6390. The molecule has 618 valence electrons. The molecule has 0 unspecified atom stereocenters. The summed E-state index contributed by atoms with van der Waals surface area (Å²) in [4.78, 5) is 5.34. The van der Waals surface area contributed by atoms with E-state index in [-0.39, 0.29) is 83.9 Å². The van der Waals surface area contributed by atoms with Crippen LogP contribution in [0.4, 0.5) is 34.1 Å². The zero-order valence-electron chi connectivity index (χ0n) is 83.9. The van der Waals surface area contributed by atoms with Gasteiger partial charge in [0.25, 0.3) is 6.71 Å². The second kappa shape index (κ2) is 28.9. The molecular formula is C116H136BN3. The van der Waals surface area contributed by atoms with E-state index < -0.39 is 18.2 Å². The highest BCUT2D eigenvalue weighted by molar-refractivity contribution is 7.00.